The molecule has 0 aliphatic rings. The van der Waals surface area contributed by atoms with Crippen LogP contribution < -0.4 is 4.74 Å². The topological polar surface area (TPSA) is 26.3 Å². The molecule has 1 aromatic rings. The maximum absolute atomic E-state index is 10.6. The summed E-state index contributed by atoms with van der Waals surface area (Å²) in [5.74, 6) is 0.780. The highest BCUT2D eigenvalue weighted by Crippen LogP contribution is 2.31. The first-order valence-corrected chi connectivity index (χ1v) is 4.62. The molecule has 1 rings (SSSR count). The molecule has 0 atom stereocenters. The van der Waals surface area contributed by atoms with Crippen LogP contribution >= 0.6 is 0 Å². The molecular weight excluding hydrogens is 176 g/mol. The van der Waals surface area contributed by atoms with Crippen LogP contribution in [0.25, 0.3) is 0 Å². The summed E-state index contributed by atoms with van der Waals surface area (Å²) < 4.78 is 5.26. The molecule has 0 spiro atoms. The monoisotopic (exact) mass is 192 g/mol. The molecule has 14 heavy (non-hydrogen) atoms. The quantitative estimate of drug-likeness (QED) is 0.673. The van der Waals surface area contributed by atoms with Crippen LogP contribution in [0.5, 0.6) is 5.75 Å². The van der Waals surface area contributed by atoms with E-state index in [1.54, 1.807) is 13.2 Å². The van der Waals surface area contributed by atoms with Gasteiger partial charge in [0, 0.05) is 5.56 Å². The first-order chi connectivity index (χ1) is 6.49. The van der Waals surface area contributed by atoms with E-state index in [1.807, 2.05) is 12.1 Å². The Hall–Kier alpha value is -1.31. The minimum Gasteiger partial charge on any atom is -0.496 e. The Morgan fingerprint density at radius 1 is 1.29 bits per heavy atom. The Morgan fingerprint density at radius 2 is 1.93 bits per heavy atom. The normalized spacial score (nSPS) is 11.1. The van der Waals surface area contributed by atoms with Crippen molar-refractivity contribution in [2.75, 3.05) is 7.11 Å². The molecule has 0 amide bonds. The zero-order valence-corrected chi connectivity index (χ0v) is 9.13. The molecule has 1 aromatic carbocycles. The summed E-state index contributed by atoms with van der Waals surface area (Å²) in [7, 11) is 1.62. The molecule has 0 bridgehead atoms. The maximum atomic E-state index is 10.6. The molecule has 0 fully saturated rings. The van der Waals surface area contributed by atoms with E-state index in [9.17, 15) is 4.79 Å². The van der Waals surface area contributed by atoms with Gasteiger partial charge in [-0.3, -0.25) is 4.79 Å². The van der Waals surface area contributed by atoms with Crippen LogP contribution in [0.4, 0.5) is 0 Å². The zero-order chi connectivity index (χ0) is 10.8. The summed E-state index contributed by atoms with van der Waals surface area (Å²) in [5.41, 5.74) is 1.80. The molecule has 0 aliphatic heterocycles. The van der Waals surface area contributed by atoms with Crippen LogP contribution in [0.2, 0.25) is 0 Å². The summed E-state index contributed by atoms with van der Waals surface area (Å²) >= 11 is 0. The second-order valence-electron chi connectivity index (χ2n) is 4.33. The van der Waals surface area contributed by atoms with Crippen molar-refractivity contribution in [2.45, 2.75) is 26.2 Å². The van der Waals surface area contributed by atoms with E-state index in [0.717, 1.165) is 17.6 Å². The van der Waals surface area contributed by atoms with Gasteiger partial charge in [-0.2, -0.15) is 0 Å². The van der Waals surface area contributed by atoms with Crippen LogP contribution in [0.15, 0.2) is 18.2 Å². The average Bonchev–Trinajstić information content (AvgIpc) is 2.15. The first kappa shape index (κ1) is 10.8. The second-order valence-corrected chi connectivity index (χ2v) is 4.33. The Morgan fingerprint density at radius 3 is 2.36 bits per heavy atom. The van der Waals surface area contributed by atoms with Gasteiger partial charge in [0.1, 0.15) is 12.0 Å². The van der Waals surface area contributed by atoms with E-state index in [1.165, 1.54) is 0 Å². The Bertz CT molecular complexity index is 335. The van der Waals surface area contributed by atoms with Gasteiger partial charge in [0.25, 0.3) is 0 Å². The molecule has 0 unspecified atom stereocenters. The molecule has 76 valence electrons. The van der Waals surface area contributed by atoms with Gasteiger partial charge < -0.3 is 4.74 Å². The minimum absolute atomic E-state index is 0.0345. The van der Waals surface area contributed by atoms with Crippen molar-refractivity contribution < 1.29 is 9.53 Å². The van der Waals surface area contributed by atoms with E-state index < -0.39 is 0 Å². The number of carbonyl (C=O) groups excluding carboxylic acids is 1. The van der Waals surface area contributed by atoms with Crippen LogP contribution in [0.3, 0.4) is 0 Å². The lowest BCUT2D eigenvalue weighted by molar-refractivity contribution is 0.112. The van der Waals surface area contributed by atoms with Gasteiger partial charge in [0.05, 0.1) is 7.11 Å². The highest BCUT2D eigenvalue weighted by atomic mass is 16.5. The van der Waals surface area contributed by atoms with Gasteiger partial charge in [-0.05, 0) is 17.0 Å². The van der Waals surface area contributed by atoms with Crippen molar-refractivity contribution >= 4 is 6.29 Å². The molecule has 0 radical (unpaired) electrons. The second kappa shape index (κ2) is 3.82. The zero-order valence-electron chi connectivity index (χ0n) is 9.13. The summed E-state index contributed by atoms with van der Waals surface area (Å²) in [5, 5.41) is 0. The molecule has 0 N–H and O–H groups in total. The van der Waals surface area contributed by atoms with E-state index >= 15 is 0 Å². The van der Waals surface area contributed by atoms with Gasteiger partial charge in [0.15, 0.2) is 0 Å². The molecule has 2 nitrogen and oxygen atoms in total. The number of methoxy groups -OCH3 is 1. The number of carbonyl (C=O) groups is 1. The fraction of sp³-hybridized carbons (Fsp3) is 0.417. The van der Waals surface area contributed by atoms with Gasteiger partial charge in [-0.15, -0.1) is 0 Å². The van der Waals surface area contributed by atoms with Crippen LogP contribution in [0.1, 0.15) is 36.7 Å². The molecule has 0 aliphatic carbocycles. The molecule has 2 heteroatoms. The number of rotatable bonds is 2. The van der Waals surface area contributed by atoms with E-state index in [-0.39, 0.29) is 5.41 Å². The predicted octanol–water partition coefficient (Wildman–Crippen LogP) is 2.81. The maximum Gasteiger partial charge on any atom is 0.150 e. The molecular formula is C12H16O2. The molecule has 0 heterocycles. The van der Waals surface area contributed by atoms with Crippen molar-refractivity contribution in [1.82, 2.24) is 0 Å². The average molecular weight is 192 g/mol. The minimum atomic E-state index is 0.0345. The van der Waals surface area contributed by atoms with Gasteiger partial charge in [-0.25, -0.2) is 0 Å². The number of hydrogen-bond acceptors (Lipinski definition) is 2. The third-order valence-corrected chi connectivity index (χ3v) is 2.17. The van der Waals surface area contributed by atoms with Gasteiger partial charge in [0.2, 0.25) is 0 Å². The van der Waals surface area contributed by atoms with E-state index in [2.05, 4.69) is 20.8 Å². The number of benzene rings is 1. The summed E-state index contributed by atoms with van der Waals surface area (Å²) in [6.45, 7) is 6.35. The lowest BCUT2D eigenvalue weighted by Gasteiger charge is -2.22. The molecule has 0 saturated carbocycles. The number of ether oxygens (including phenoxy) is 1. The Kier molecular flexibility index (Phi) is 2.94. The van der Waals surface area contributed by atoms with Crippen molar-refractivity contribution in [3.8, 4) is 5.75 Å². The SMILES string of the molecule is COc1cc(C=O)ccc1C(C)(C)C. The Balaban J connectivity index is 3.25. The van der Waals surface area contributed by atoms with Crippen molar-refractivity contribution in [1.29, 1.82) is 0 Å². The van der Waals surface area contributed by atoms with E-state index in [4.69, 9.17) is 4.74 Å². The summed E-state index contributed by atoms with van der Waals surface area (Å²) in [4.78, 5) is 10.6. The summed E-state index contributed by atoms with van der Waals surface area (Å²) in [6.07, 6.45) is 0.828. The largest absolute Gasteiger partial charge is 0.496 e. The standard InChI is InChI=1S/C12H16O2/c1-12(2,3)10-6-5-9(8-13)7-11(10)14-4/h5-8H,1-4H3. The van der Waals surface area contributed by atoms with Crippen molar-refractivity contribution in [3.05, 3.63) is 29.3 Å². The van der Waals surface area contributed by atoms with Crippen molar-refractivity contribution in [2.24, 2.45) is 0 Å². The highest BCUT2D eigenvalue weighted by molar-refractivity contribution is 5.76. The number of hydrogen-bond donors (Lipinski definition) is 0. The summed E-state index contributed by atoms with van der Waals surface area (Å²) in [6, 6.07) is 5.53. The predicted molar refractivity (Wildman–Crippen MR) is 57.1 cm³/mol. The highest BCUT2D eigenvalue weighted by Gasteiger charge is 2.18. The third-order valence-electron chi connectivity index (χ3n) is 2.17. The van der Waals surface area contributed by atoms with E-state index in [0.29, 0.717) is 5.56 Å². The van der Waals surface area contributed by atoms with Crippen LogP contribution in [-0.4, -0.2) is 13.4 Å². The smallest absolute Gasteiger partial charge is 0.150 e. The lowest BCUT2D eigenvalue weighted by Crippen LogP contribution is -2.12. The first-order valence-electron chi connectivity index (χ1n) is 4.62. The fourth-order valence-corrected chi connectivity index (χ4v) is 1.40. The molecule has 0 aromatic heterocycles. The third kappa shape index (κ3) is 2.13. The Labute approximate surface area is 84.9 Å². The van der Waals surface area contributed by atoms with Crippen molar-refractivity contribution in [3.63, 3.8) is 0 Å². The van der Waals surface area contributed by atoms with Gasteiger partial charge in [-0.1, -0.05) is 32.9 Å². The van der Waals surface area contributed by atoms with Crippen LogP contribution in [-0.2, 0) is 5.41 Å². The van der Waals surface area contributed by atoms with Gasteiger partial charge >= 0.3 is 0 Å². The molecule has 0 saturated heterocycles. The van der Waals surface area contributed by atoms with Crippen LogP contribution in [0, 0.1) is 0 Å². The number of aldehydes is 1. The fourth-order valence-electron chi connectivity index (χ4n) is 1.40. The lowest BCUT2D eigenvalue weighted by atomic mass is 9.86.